The number of nitrogens with zero attached hydrogens (tertiary/aromatic N) is 8. The van der Waals surface area contributed by atoms with Crippen LogP contribution in [0.2, 0.25) is 0 Å². The predicted molar refractivity (Wildman–Crippen MR) is 306 cm³/mol. The third-order valence-corrected chi connectivity index (χ3v) is 13.4. The molecule has 2 aliphatic rings. The van der Waals surface area contributed by atoms with Gasteiger partial charge in [-0.25, -0.2) is 13.6 Å². The molecule has 432 valence electrons. The zero-order chi connectivity index (χ0) is 59.9. The SMILES string of the molecule is CC(C)(C)OC(=O)C[C@@H]1CCCN(C(=O)Cn2cc(Br)c(-c3ccc(C#N)c(F)c3)n2)C1.COc1ccc(-c2cn(CC(=O)N3CCC[C@@H](NC(=O)OC(C)(C)C)C3)nc2-c2ccc(C#N)c(F)c2)cc1.COc1ccc(B(O)O)cc1. The number of hydrogen-bond donors (Lipinski definition) is 3. The zero-order valence-corrected chi connectivity index (χ0v) is 48.7. The van der Waals surface area contributed by atoms with E-state index in [-0.39, 0.29) is 54.0 Å². The first-order valence-corrected chi connectivity index (χ1v) is 27.3. The van der Waals surface area contributed by atoms with Gasteiger partial charge in [0.1, 0.15) is 71.0 Å². The summed E-state index contributed by atoms with van der Waals surface area (Å²) in [5.41, 5.74) is 2.73. The zero-order valence-electron chi connectivity index (χ0n) is 47.1. The minimum Gasteiger partial charge on any atom is -0.497 e. The second-order valence-corrected chi connectivity index (χ2v) is 22.4. The van der Waals surface area contributed by atoms with Crippen LogP contribution in [-0.4, -0.2) is 128 Å². The number of benzene rings is 4. The second-order valence-electron chi connectivity index (χ2n) is 21.6. The van der Waals surface area contributed by atoms with Gasteiger partial charge in [0, 0.05) is 61.3 Å². The van der Waals surface area contributed by atoms with Crippen molar-refractivity contribution in [3.05, 3.63) is 125 Å². The van der Waals surface area contributed by atoms with E-state index in [0.717, 1.165) is 31.2 Å². The molecular weight excluding hydrogens is 1120 g/mol. The van der Waals surface area contributed by atoms with E-state index in [9.17, 15) is 28.0 Å². The smallest absolute Gasteiger partial charge is 0.488 e. The quantitative estimate of drug-likeness (QED) is 0.0726. The number of alkyl carbamates (subject to hydrolysis) is 1. The number of likely N-dealkylation sites (tertiary alicyclic amines) is 2. The number of esters is 1. The molecule has 6 aromatic rings. The summed E-state index contributed by atoms with van der Waals surface area (Å²) in [5.74, 6) is -0.277. The monoisotopic (exact) mass is 1190 g/mol. The summed E-state index contributed by atoms with van der Waals surface area (Å²) in [6.07, 6.45) is 6.43. The molecule has 2 saturated heterocycles. The highest BCUT2D eigenvalue weighted by atomic mass is 79.9. The molecule has 3 N–H and O–H groups in total. The number of aromatic nitrogens is 4. The van der Waals surface area contributed by atoms with Gasteiger partial charge in [0.15, 0.2) is 0 Å². The van der Waals surface area contributed by atoms with E-state index in [2.05, 4.69) is 31.4 Å². The van der Waals surface area contributed by atoms with Crippen molar-refractivity contribution < 1.29 is 57.0 Å². The van der Waals surface area contributed by atoms with Gasteiger partial charge in [-0.1, -0.05) is 36.4 Å². The first-order valence-electron chi connectivity index (χ1n) is 26.5. The normalized spacial score (nSPS) is 15.0. The van der Waals surface area contributed by atoms with E-state index in [0.29, 0.717) is 82.1 Å². The van der Waals surface area contributed by atoms with Crippen LogP contribution >= 0.6 is 15.9 Å². The Morgan fingerprint density at radius 1 is 0.695 bits per heavy atom. The summed E-state index contributed by atoms with van der Waals surface area (Å²) in [4.78, 5) is 53.9. The van der Waals surface area contributed by atoms with E-state index in [4.69, 9.17) is 39.5 Å². The average molecular weight is 1190 g/mol. The highest BCUT2D eigenvalue weighted by Crippen LogP contribution is 2.34. The maximum Gasteiger partial charge on any atom is 0.488 e. The van der Waals surface area contributed by atoms with E-state index >= 15 is 0 Å². The molecule has 82 heavy (non-hydrogen) atoms. The van der Waals surface area contributed by atoms with Gasteiger partial charge in [-0.05, 0) is 149 Å². The van der Waals surface area contributed by atoms with E-state index in [1.807, 2.05) is 51.1 Å². The van der Waals surface area contributed by atoms with Gasteiger partial charge in [-0.2, -0.15) is 20.7 Å². The lowest BCUT2D eigenvalue weighted by molar-refractivity contribution is -0.157. The number of piperidine rings is 2. The average Bonchev–Trinajstić information content (AvgIpc) is 3.99. The summed E-state index contributed by atoms with van der Waals surface area (Å²) < 4.78 is 53.0. The molecule has 0 saturated carbocycles. The molecule has 2 aromatic heterocycles. The fourth-order valence-electron chi connectivity index (χ4n) is 9.00. The lowest BCUT2D eigenvalue weighted by Crippen LogP contribution is -2.51. The Hall–Kier alpha value is -8.12. The van der Waals surface area contributed by atoms with E-state index in [1.54, 1.807) is 99.7 Å². The van der Waals surface area contributed by atoms with Crippen molar-refractivity contribution in [1.82, 2.24) is 34.7 Å². The molecule has 2 fully saturated rings. The molecule has 0 spiro atoms. The third kappa shape index (κ3) is 18.5. The van der Waals surface area contributed by atoms with Crippen molar-refractivity contribution in [3.63, 3.8) is 0 Å². The molecule has 19 nitrogen and oxygen atoms in total. The summed E-state index contributed by atoms with van der Waals surface area (Å²) in [7, 11) is 1.74. The number of methoxy groups -OCH3 is 2. The van der Waals surface area contributed by atoms with Crippen LogP contribution in [0.15, 0.2) is 102 Å². The Morgan fingerprint density at radius 3 is 1.70 bits per heavy atom. The van der Waals surface area contributed by atoms with Gasteiger partial charge in [0.25, 0.3) is 0 Å². The van der Waals surface area contributed by atoms with Crippen molar-refractivity contribution in [2.24, 2.45) is 5.92 Å². The number of nitriles is 2. The fraction of sp³-hybridized carbons (Fsp3) is 0.390. The Balaban J connectivity index is 0.000000225. The van der Waals surface area contributed by atoms with Crippen molar-refractivity contribution >= 4 is 52.4 Å². The summed E-state index contributed by atoms with van der Waals surface area (Å²) in [6.45, 7) is 13.0. The Bertz CT molecular complexity index is 3280. The fourth-order valence-corrected chi connectivity index (χ4v) is 9.55. The summed E-state index contributed by atoms with van der Waals surface area (Å²) >= 11 is 3.41. The molecule has 23 heteroatoms. The first kappa shape index (κ1) is 63.1. The lowest BCUT2D eigenvalue weighted by Gasteiger charge is -2.33. The topological polar surface area (TPSA) is 247 Å². The highest BCUT2D eigenvalue weighted by Gasteiger charge is 2.30. The number of halogens is 3. The molecule has 0 radical (unpaired) electrons. The summed E-state index contributed by atoms with van der Waals surface area (Å²) in [5, 5.41) is 47.3. The van der Waals surface area contributed by atoms with Gasteiger partial charge in [0.05, 0.1) is 36.2 Å². The van der Waals surface area contributed by atoms with Crippen molar-refractivity contribution in [2.75, 3.05) is 40.4 Å². The highest BCUT2D eigenvalue weighted by molar-refractivity contribution is 9.10. The van der Waals surface area contributed by atoms with Crippen molar-refractivity contribution in [2.45, 2.75) is 104 Å². The van der Waals surface area contributed by atoms with Crippen molar-refractivity contribution in [1.29, 1.82) is 10.5 Å². The molecule has 8 rings (SSSR count). The number of nitrogens with one attached hydrogen (secondary N) is 1. The molecule has 0 aliphatic carbocycles. The van der Waals surface area contributed by atoms with Crippen LogP contribution in [0.4, 0.5) is 13.6 Å². The Kier molecular flexibility index (Phi) is 21.9. The largest absolute Gasteiger partial charge is 0.497 e. The number of ether oxygens (including phenoxy) is 4. The summed E-state index contributed by atoms with van der Waals surface area (Å²) in [6, 6.07) is 25.9. The van der Waals surface area contributed by atoms with Gasteiger partial charge < -0.3 is 44.1 Å². The second kappa shape index (κ2) is 28.5. The first-order chi connectivity index (χ1) is 38.8. The predicted octanol–water partition coefficient (Wildman–Crippen LogP) is 8.42. The molecule has 4 aromatic carbocycles. The van der Waals surface area contributed by atoms with Crippen LogP contribution < -0.4 is 20.3 Å². The minimum atomic E-state index is -1.40. The van der Waals surface area contributed by atoms with E-state index in [1.165, 1.54) is 33.6 Å². The Morgan fingerprint density at radius 2 is 1.18 bits per heavy atom. The minimum absolute atomic E-state index is 0.0267. The molecule has 3 amide bonds. The number of amides is 3. The van der Waals surface area contributed by atoms with Crippen LogP contribution in [0.1, 0.15) is 84.8 Å². The maximum absolute atomic E-state index is 14.5. The number of carbonyl (C=O) groups is 4. The lowest BCUT2D eigenvalue weighted by atomic mass is 9.80. The number of hydrogen-bond acceptors (Lipinski definition) is 14. The van der Waals surface area contributed by atoms with Gasteiger partial charge in [-0.3, -0.25) is 23.7 Å². The maximum atomic E-state index is 14.5. The van der Waals surface area contributed by atoms with Crippen LogP contribution in [0.25, 0.3) is 33.6 Å². The van der Waals surface area contributed by atoms with Crippen LogP contribution in [0, 0.1) is 40.2 Å². The van der Waals surface area contributed by atoms with Gasteiger partial charge in [-0.15, -0.1) is 0 Å². The molecule has 4 heterocycles. The van der Waals surface area contributed by atoms with Crippen LogP contribution in [0.3, 0.4) is 0 Å². The van der Waals surface area contributed by atoms with Crippen LogP contribution in [-0.2, 0) is 36.9 Å². The Labute approximate surface area is 484 Å². The van der Waals surface area contributed by atoms with Gasteiger partial charge >= 0.3 is 19.2 Å². The third-order valence-electron chi connectivity index (χ3n) is 12.9. The number of rotatable bonds is 13. The molecule has 0 bridgehead atoms. The van der Waals surface area contributed by atoms with Gasteiger partial charge in [0.2, 0.25) is 11.8 Å². The number of carbonyl (C=O) groups excluding carboxylic acids is 4. The molecule has 2 aliphatic heterocycles. The molecule has 0 unspecified atom stereocenters. The standard InChI is InChI=1S/C29H32FN5O4.C23H26BrFN4O3.C7H9BO3/c1-29(2,3)39-28(37)32-22-6-5-13-34(16-22)26(36)18-35-17-24(19-9-11-23(38-4)12-10-19)27(33-35)20-7-8-21(15-31)25(30)14-20;1-23(2,3)32-21(31)9-15-5-4-8-28(12-15)20(30)14-29-13-18(24)22(27-29)16-6-7-17(11-26)19(25)10-16;1-11-7-4-2-6(3-5-7)8(9)10/h7-12,14,17,22H,5-6,13,16,18H2,1-4H3,(H,32,37);6-7,10,13,15H,4-5,8-9,12,14H2,1-3H3;2-5,9-10H,1H3/t22-;15-;/m10./s1. The van der Waals surface area contributed by atoms with Crippen molar-refractivity contribution in [3.8, 4) is 57.3 Å². The van der Waals surface area contributed by atoms with E-state index < -0.39 is 36.0 Å². The van der Waals surface area contributed by atoms with Crippen LogP contribution in [0.5, 0.6) is 11.5 Å². The molecule has 2 atom stereocenters. The molecular formula is C59H67BBrF2N9O10.